The van der Waals surface area contributed by atoms with Crippen LogP contribution in [0.4, 0.5) is 14.5 Å². The van der Waals surface area contributed by atoms with Crippen LogP contribution >= 0.6 is 11.6 Å². The molecule has 0 aliphatic heterocycles. The summed E-state index contributed by atoms with van der Waals surface area (Å²) < 4.78 is 28.7. The molecule has 6 nitrogen and oxygen atoms in total. The average Bonchev–Trinajstić information content (AvgIpc) is 2.78. The molecule has 0 atom stereocenters. The van der Waals surface area contributed by atoms with Gasteiger partial charge in [-0.2, -0.15) is 0 Å². The number of carbonyl (C=O) groups excluding carboxylic acids is 2. The number of fused-ring (bicyclic) bond motifs is 1. The number of benzene rings is 2. The van der Waals surface area contributed by atoms with E-state index in [1.807, 2.05) is 0 Å². The quantitative estimate of drug-likeness (QED) is 0.438. The van der Waals surface area contributed by atoms with Gasteiger partial charge in [0, 0.05) is 28.5 Å². The van der Waals surface area contributed by atoms with Gasteiger partial charge in [0.2, 0.25) is 11.3 Å². The van der Waals surface area contributed by atoms with E-state index in [2.05, 4.69) is 10.3 Å². The monoisotopic (exact) mass is 467 g/mol. The smallest absolute Gasteiger partial charge is 0.244 e. The van der Waals surface area contributed by atoms with Gasteiger partial charge in [0.05, 0.1) is 16.6 Å². The van der Waals surface area contributed by atoms with Crippen molar-refractivity contribution in [3.8, 4) is 0 Å². The van der Waals surface area contributed by atoms with Crippen LogP contribution in [0.2, 0.25) is 5.02 Å². The molecule has 0 aliphatic carbocycles. The van der Waals surface area contributed by atoms with E-state index < -0.39 is 35.3 Å². The molecule has 166 valence electrons. The van der Waals surface area contributed by atoms with Crippen molar-refractivity contribution in [1.29, 1.82) is 0 Å². The Bertz CT molecular complexity index is 1470. The predicted molar refractivity (Wildman–Crippen MR) is 121 cm³/mol. The maximum Gasteiger partial charge on any atom is 0.244 e. The second-order valence-electron chi connectivity index (χ2n) is 7.33. The number of aromatic nitrogens is 2. The van der Waals surface area contributed by atoms with Crippen LogP contribution in [0.15, 0.2) is 65.6 Å². The molecule has 0 saturated heterocycles. The van der Waals surface area contributed by atoms with Crippen LogP contribution in [-0.4, -0.2) is 21.2 Å². The number of hydrogen-bond acceptors (Lipinski definition) is 4. The van der Waals surface area contributed by atoms with Crippen LogP contribution in [0.25, 0.3) is 11.0 Å². The van der Waals surface area contributed by atoms with Crippen molar-refractivity contribution < 1.29 is 18.4 Å². The minimum absolute atomic E-state index is 0.144. The van der Waals surface area contributed by atoms with Crippen molar-refractivity contribution in [2.45, 2.75) is 13.5 Å². The van der Waals surface area contributed by atoms with Crippen LogP contribution in [0.1, 0.15) is 21.6 Å². The first-order chi connectivity index (χ1) is 15.7. The Kier molecular flexibility index (Phi) is 6.02. The Morgan fingerprint density at radius 3 is 2.52 bits per heavy atom. The van der Waals surface area contributed by atoms with E-state index >= 15 is 0 Å². The zero-order chi connectivity index (χ0) is 23.7. The highest BCUT2D eigenvalue weighted by Gasteiger charge is 2.19. The van der Waals surface area contributed by atoms with E-state index in [4.69, 9.17) is 11.6 Å². The Morgan fingerprint density at radius 1 is 1.06 bits per heavy atom. The Hall–Kier alpha value is -3.91. The highest BCUT2D eigenvalue weighted by molar-refractivity contribution is 6.30. The summed E-state index contributed by atoms with van der Waals surface area (Å²) in [5.74, 6) is -2.77. The molecule has 0 aliphatic rings. The van der Waals surface area contributed by atoms with Crippen molar-refractivity contribution in [2.75, 3.05) is 5.32 Å². The first-order valence-electron chi connectivity index (χ1n) is 9.79. The number of nitrogens with zero attached hydrogens (tertiary/aromatic N) is 2. The molecule has 2 heterocycles. The average molecular weight is 468 g/mol. The second kappa shape index (κ2) is 8.91. The van der Waals surface area contributed by atoms with Gasteiger partial charge in [-0.25, -0.2) is 13.8 Å². The van der Waals surface area contributed by atoms with Crippen LogP contribution in [0.5, 0.6) is 0 Å². The molecular weight excluding hydrogens is 452 g/mol. The zero-order valence-corrected chi connectivity index (χ0v) is 18.0. The molecule has 0 saturated carbocycles. The number of carbonyl (C=O) groups is 2. The minimum atomic E-state index is -0.804. The van der Waals surface area contributed by atoms with Crippen molar-refractivity contribution in [2.24, 2.45) is 0 Å². The summed E-state index contributed by atoms with van der Waals surface area (Å²) in [7, 11) is 0. The van der Waals surface area contributed by atoms with Crippen molar-refractivity contribution in [3.63, 3.8) is 0 Å². The first kappa shape index (κ1) is 22.3. The number of aryl methyl sites for hydroxylation is 1. The fourth-order valence-electron chi connectivity index (χ4n) is 3.34. The van der Waals surface area contributed by atoms with E-state index in [0.717, 1.165) is 18.2 Å². The Balaban J connectivity index is 1.77. The molecule has 2 aromatic heterocycles. The third kappa shape index (κ3) is 4.65. The Labute approximate surface area is 191 Å². The van der Waals surface area contributed by atoms with Gasteiger partial charge in [-0.15, -0.1) is 0 Å². The fraction of sp³-hybridized carbons (Fsp3) is 0.0833. The lowest BCUT2D eigenvalue weighted by molar-refractivity contribution is -0.116. The molecule has 0 bridgehead atoms. The van der Waals surface area contributed by atoms with Crippen LogP contribution in [-0.2, 0) is 11.3 Å². The summed E-state index contributed by atoms with van der Waals surface area (Å²) in [5, 5.41) is 2.88. The van der Waals surface area contributed by atoms with Gasteiger partial charge in [-0.05, 0) is 55.5 Å². The van der Waals surface area contributed by atoms with Gasteiger partial charge in [0.1, 0.15) is 23.8 Å². The van der Waals surface area contributed by atoms with E-state index in [9.17, 15) is 23.2 Å². The summed E-state index contributed by atoms with van der Waals surface area (Å²) in [6.45, 7) is 1.31. The molecule has 1 N–H and O–H groups in total. The first-order valence-corrected chi connectivity index (χ1v) is 10.2. The lowest BCUT2D eigenvalue weighted by Crippen LogP contribution is -2.25. The molecule has 4 aromatic rings. The summed E-state index contributed by atoms with van der Waals surface area (Å²) in [4.78, 5) is 43.0. The molecule has 0 unspecified atom stereocenters. The fourth-order valence-corrected chi connectivity index (χ4v) is 3.46. The number of ketones is 1. The van der Waals surface area contributed by atoms with Crippen LogP contribution in [0, 0.1) is 18.6 Å². The zero-order valence-electron chi connectivity index (χ0n) is 17.2. The SMILES string of the molecule is Cc1ccc2c(=O)c(C(=O)c3ccc(Cl)cc3)cn(CC(=O)Nc3cc(F)ccc3F)c2n1. The number of pyridine rings is 2. The largest absolute Gasteiger partial charge is 0.322 e. The molecule has 2 aromatic carbocycles. The van der Waals surface area contributed by atoms with Gasteiger partial charge < -0.3 is 9.88 Å². The highest BCUT2D eigenvalue weighted by Crippen LogP contribution is 2.18. The second-order valence-corrected chi connectivity index (χ2v) is 7.77. The molecular formula is C24H16ClF2N3O3. The van der Waals surface area contributed by atoms with Crippen molar-refractivity contribution in [3.05, 3.63) is 104 Å². The number of nitrogens with one attached hydrogen (secondary N) is 1. The standard InChI is InChI=1S/C24H16ClF2N3O3/c1-13-2-8-17-23(33)18(22(32)14-3-5-15(25)6-4-14)11-30(24(17)28-13)12-21(31)29-20-10-16(26)7-9-19(20)27/h2-11H,12H2,1H3,(H,29,31). The van der Waals surface area contributed by atoms with E-state index in [0.29, 0.717) is 10.7 Å². The topological polar surface area (TPSA) is 81.1 Å². The van der Waals surface area contributed by atoms with Crippen LogP contribution < -0.4 is 10.7 Å². The highest BCUT2D eigenvalue weighted by atomic mass is 35.5. The van der Waals surface area contributed by atoms with Gasteiger partial charge in [0.25, 0.3) is 0 Å². The van der Waals surface area contributed by atoms with Crippen molar-refractivity contribution >= 4 is 40.0 Å². The molecule has 4 rings (SSSR count). The number of hydrogen-bond donors (Lipinski definition) is 1. The summed E-state index contributed by atoms with van der Waals surface area (Å²) in [6, 6.07) is 11.9. The number of amides is 1. The normalized spacial score (nSPS) is 10.9. The summed E-state index contributed by atoms with van der Waals surface area (Å²) in [6.07, 6.45) is 1.25. The maximum absolute atomic E-state index is 13.9. The van der Waals surface area contributed by atoms with Crippen LogP contribution in [0.3, 0.4) is 0 Å². The molecule has 9 heteroatoms. The minimum Gasteiger partial charge on any atom is -0.322 e. The van der Waals surface area contributed by atoms with Gasteiger partial charge in [-0.3, -0.25) is 14.4 Å². The summed E-state index contributed by atoms with van der Waals surface area (Å²) in [5.41, 5.74) is -0.0160. The van der Waals surface area contributed by atoms with Gasteiger partial charge in [0.15, 0.2) is 5.78 Å². The molecule has 0 radical (unpaired) electrons. The van der Waals surface area contributed by atoms with Gasteiger partial charge >= 0.3 is 0 Å². The summed E-state index contributed by atoms with van der Waals surface area (Å²) >= 11 is 5.88. The lowest BCUT2D eigenvalue weighted by Gasteiger charge is -2.13. The van der Waals surface area contributed by atoms with E-state index in [1.54, 1.807) is 13.0 Å². The Morgan fingerprint density at radius 2 is 1.79 bits per heavy atom. The van der Waals surface area contributed by atoms with Gasteiger partial charge in [-0.1, -0.05) is 11.6 Å². The third-order valence-corrected chi connectivity index (χ3v) is 5.18. The van der Waals surface area contributed by atoms with E-state index in [-0.39, 0.29) is 27.8 Å². The number of rotatable bonds is 5. The molecule has 1 amide bonds. The van der Waals surface area contributed by atoms with Crippen molar-refractivity contribution in [1.82, 2.24) is 9.55 Å². The third-order valence-electron chi connectivity index (χ3n) is 4.93. The number of halogens is 3. The maximum atomic E-state index is 13.9. The predicted octanol–water partition coefficient (Wildman–Crippen LogP) is 4.51. The molecule has 0 fully saturated rings. The molecule has 0 spiro atoms. The lowest BCUT2D eigenvalue weighted by atomic mass is 10.0. The van der Waals surface area contributed by atoms with E-state index in [1.165, 1.54) is 41.1 Å². The molecule has 33 heavy (non-hydrogen) atoms. The number of anilines is 1.